The summed E-state index contributed by atoms with van der Waals surface area (Å²) in [6, 6.07) is 4.30. The van der Waals surface area contributed by atoms with E-state index in [2.05, 4.69) is 81.4 Å². The van der Waals surface area contributed by atoms with Gasteiger partial charge in [0.2, 0.25) is 0 Å². The van der Waals surface area contributed by atoms with Crippen LogP contribution in [0.2, 0.25) is 0 Å². The Hall–Kier alpha value is -0.810. The van der Waals surface area contributed by atoms with Gasteiger partial charge in [-0.15, -0.1) is 0 Å². The van der Waals surface area contributed by atoms with Crippen LogP contribution >= 0.6 is 0 Å². The predicted octanol–water partition coefficient (Wildman–Crippen LogP) is 2.90. The molecule has 2 aliphatic rings. The highest BCUT2D eigenvalue weighted by molar-refractivity contribution is 6.74. The van der Waals surface area contributed by atoms with E-state index in [1.807, 2.05) is 0 Å². The fourth-order valence-corrected chi connectivity index (χ4v) is 3.21. The molecule has 0 atom stereocenters. The van der Waals surface area contributed by atoms with Crippen molar-refractivity contribution >= 4 is 25.2 Å². The zero-order valence-corrected chi connectivity index (χ0v) is 17.9. The Morgan fingerprint density at radius 2 is 0.769 bits per heavy atom. The number of hydrogen-bond acceptors (Lipinski definition) is 4. The molecule has 6 heteroatoms. The summed E-state index contributed by atoms with van der Waals surface area (Å²) < 4.78 is 25.3. The van der Waals surface area contributed by atoms with Crippen LogP contribution in [0.15, 0.2) is 12.1 Å². The van der Waals surface area contributed by atoms with Crippen LogP contribution in [0.4, 0.5) is 0 Å². The average molecular weight is 358 g/mol. The number of benzene rings is 1. The molecule has 0 bridgehead atoms. The molecule has 0 aromatic heterocycles. The van der Waals surface area contributed by atoms with Crippen molar-refractivity contribution < 1.29 is 18.6 Å². The van der Waals surface area contributed by atoms with E-state index in [1.165, 1.54) is 11.1 Å². The molecule has 0 radical (unpaired) electrons. The molecule has 0 saturated carbocycles. The van der Waals surface area contributed by atoms with Gasteiger partial charge < -0.3 is 18.6 Å². The van der Waals surface area contributed by atoms with Gasteiger partial charge in [-0.2, -0.15) is 0 Å². The molecule has 0 aliphatic carbocycles. The molecule has 1 aromatic carbocycles. The number of aryl methyl sites for hydroxylation is 2. The first kappa shape index (κ1) is 19.9. The van der Waals surface area contributed by atoms with Gasteiger partial charge in [-0.25, -0.2) is 0 Å². The van der Waals surface area contributed by atoms with Crippen LogP contribution in [-0.2, 0) is 18.6 Å². The Morgan fingerprint density at radius 3 is 1.00 bits per heavy atom. The molecule has 2 aliphatic heterocycles. The maximum Gasteiger partial charge on any atom is 0.494 e. The molecule has 0 unspecified atom stereocenters. The first-order chi connectivity index (χ1) is 11.7. The third kappa shape index (κ3) is 3.05. The first-order valence-corrected chi connectivity index (χ1v) is 9.49. The van der Waals surface area contributed by atoms with Crippen LogP contribution in [0, 0.1) is 13.8 Å². The van der Waals surface area contributed by atoms with Crippen molar-refractivity contribution in [3.05, 3.63) is 23.3 Å². The van der Waals surface area contributed by atoms with E-state index >= 15 is 0 Å². The summed E-state index contributed by atoms with van der Waals surface area (Å²) in [6.07, 6.45) is 0. The molecular formula is C20H32B2O4. The molecule has 3 rings (SSSR count). The van der Waals surface area contributed by atoms with Crippen molar-refractivity contribution in [1.82, 2.24) is 0 Å². The second kappa shape index (κ2) is 5.84. The summed E-state index contributed by atoms with van der Waals surface area (Å²) in [6.45, 7) is 20.8. The topological polar surface area (TPSA) is 36.9 Å². The summed E-state index contributed by atoms with van der Waals surface area (Å²) in [7, 11) is -0.873. The van der Waals surface area contributed by atoms with Crippen molar-refractivity contribution in [1.29, 1.82) is 0 Å². The average Bonchev–Trinajstić information content (AvgIpc) is 2.81. The van der Waals surface area contributed by atoms with Crippen molar-refractivity contribution in [2.75, 3.05) is 0 Å². The van der Waals surface area contributed by atoms with Crippen LogP contribution in [0.5, 0.6) is 0 Å². The monoisotopic (exact) mass is 358 g/mol. The molecular weight excluding hydrogens is 326 g/mol. The van der Waals surface area contributed by atoms with Crippen molar-refractivity contribution in [2.45, 2.75) is 91.6 Å². The maximum absolute atomic E-state index is 6.32. The third-order valence-electron chi connectivity index (χ3n) is 6.71. The Balaban J connectivity index is 2.04. The van der Waals surface area contributed by atoms with Gasteiger partial charge in [0.05, 0.1) is 22.4 Å². The van der Waals surface area contributed by atoms with Crippen LogP contribution in [0.25, 0.3) is 0 Å². The summed E-state index contributed by atoms with van der Waals surface area (Å²) in [5, 5.41) is 0. The Morgan fingerprint density at radius 1 is 0.538 bits per heavy atom. The summed E-state index contributed by atoms with van der Waals surface area (Å²) in [5.41, 5.74) is 2.85. The lowest BCUT2D eigenvalue weighted by atomic mass is 9.64. The highest BCUT2D eigenvalue weighted by Gasteiger charge is 2.56. The summed E-state index contributed by atoms with van der Waals surface area (Å²) in [4.78, 5) is 0. The molecule has 1 aromatic rings. The summed E-state index contributed by atoms with van der Waals surface area (Å²) in [5.74, 6) is 0. The maximum atomic E-state index is 6.32. The molecule has 2 fully saturated rings. The third-order valence-corrected chi connectivity index (χ3v) is 6.71. The second-order valence-corrected chi connectivity index (χ2v) is 9.74. The van der Waals surface area contributed by atoms with Gasteiger partial charge >= 0.3 is 14.2 Å². The molecule has 2 heterocycles. The van der Waals surface area contributed by atoms with Crippen molar-refractivity contribution in [3.63, 3.8) is 0 Å². The highest BCUT2D eigenvalue weighted by Crippen LogP contribution is 2.38. The lowest BCUT2D eigenvalue weighted by Crippen LogP contribution is -2.52. The lowest BCUT2D eigenvalue weighted by molar-refractivity contribution is 0.00578. The Labute approximate surface area is 159 Å². The van der Waals surface area contributed by atoms with E-state index in [0.29, 0.717) is 0 Å². The minimum atomic E-state index is -0.437. The standard InChI is InChI=1S/C20H32B2O4/c1-13-11-15(21-23-17(3,4)18(5,6)24-21)16(12-14(13)2)22-25-19(7,8)20(9,10)26-22/h11-12H,1-10H3. The van der Waals surface area contributed by atoms with Crippen LogP contribution < -0.4 is 10.9 Å². The van der Waals surface area contributed by atoms with E-state index in [-0.39, 0.29) is 22.4 Å². The van der Waals surface area contributed by atoms with Gasteiger partial charge in [0, 0.05) is 0 Å². The van der Waals surface area contributed by atoms with E-state index in [9.17, 15) is 0 Å². The molecule has 0 amide bonds. The van der Waals surface area contributed by atoms with Gasteiger partial charge in [-0.1, -0.05) is 12.1 Å². The number of hydrogen-bond donors (Lipinski definition) is 0. The van der Waals surface area contributed by atoms with Gasteiger partial charge in [-0.05, 0) is 91.3 Å². The Kier molecular flexibility index (Phi) is 4.48. The normalized spacial score (nSPS) is 25.8. The molecule has 0 spiro atoms. The van der Waals surface area contributed by atoms with Crippen LogP contribution in [0.1, 0.15) is 66.5 Å². The summed E-state index contributed by atoms with van der Waals surface area (Å²) >= 11 is 0. The largest absolute Gasteiger partial charge is 0.494 e. The quantitative estimate of drug-likeness (QED) is 0.762. The highest BCUT2D eigenvalue weighted by atomic mass is 16.7. The van der Waals surface area contributed by atoms with Crippen LogP contribution in [-0.4, -0.2) is 36.6 Å². The second-order valence-electron chi connectivity index (χ2n) is 9.74. The number of rotatable bonds is 2. The first-order valence-electron chi connectivity index (χ1n) is 9.49. The Bertz CT molecular complexity index is 632. The van der Waals surface area contributed by atoms with Crippen molar-refractivity contribution in [3.8, 4) is 0 Å². The minimum absolute atomic E-state index is 0.385. The van der Waals surface area contributed by atoms with Crippen molar-refractivity contribution in [2.24, 2.45) is 0 Å². The zero-order chi connectivity index (χ0) is 19.7. The molecule has 26 heavy (non-hydrogen) atoms. The molecule has 4 nitrogen and oxygen atoms in total. The van der Waals surface area contributed by atoms with E-state index in [4.69, 9.17) is 18.6 Å². The molecule has 0 N–H and O–H groups in total. The van der Waals surface area contributed by atoms with E-state index in [1.54, 1.807) is 0 Å². The fourth-order valence-electron chi connectivity index (χ4n) is 3.21. The van der Waals surface area contributed by atoms with Gasteiger partial charge in [-0.3, -0.25) is 0 Å². The van der Waals surface area contributed by atoms with E-state index in [0.717, 1.165) is 10.9 Å². The zero-order valence-electron chi connectivity index (χ0n) is 17.9. The van der Waals surface area contributed by atoms with Gasteiger partial charge in [0.1, 0.15) is 0 Å². The van der Waals surface area contributed by atoms with E-state index < -0.39 is 14.2 Å². The molecule has 2 saturated heterocycles. The fraction of sp³-hybridized carbons (Fsp3) is 0.700. The molecule has 142 valence electrons. The van der Waals surface area contributed by atoms with Gasteiger partial charge in [0.25, 0.3) is 0 Å². The SMILES string of the molecule is Cc1cc(B2OC(C)(C)C(C)(C)O2)c(B2OC(C)(C)C(C)(C)O2)cc1C. The van der Waals surface area contributed by atoms with Gasteiger partial charge in [0.15, 0.2) is 0 Å². The van der Waals surface area contributed by atoms with Crippen LogP contribution in [0.3, 0.4) is 0 Å². The lowest BCUT2D eigenvalue weighted by Gasteiger charge is -2.32. The predicted molar refractivity (Wildman–Crippen MR) is 107 cm³/mol. The minimum Gasteiger partial charge on any atom is -0.399 e. The smallest absolute Gasteiger partial charge is 0.399 e.